The average molecular weight is 414 g/mol. The van der Waals surface area contributed by atoms with Gasteiger partial charge in [-0.15, -0.1) is 11.3 Å². The molecule has 1 N–H and O–H groups in total. The molecule has 2 aromatic heterocycles. The summed E-state index contributed by atoms with van der Waals surface area (Å²) in [6, 6.07) is 6.61. The number of piperidine rings is 1. The summed E-state index contributed by atoms with van der Waals surface area (Å²) < 4.78 is 15.1. The molecule has 29 heavy (non-hydrogen) atoms. The van der Waals surface area contributed by atoms with Gasteiger partial charge >= 0.3 is 0 Å². The zero-order valence-electron chi connectivity index (χ0n) is 16.5. The van der Waals surface area contributed by atoms with Gasteiger partial charge in [-0.2, -0.15) is 5.10 Å². The minimum atomic E-state index is -0.312. The van der Waals surface area contributed by atoms with Crippen LogP contribution in [0.2, 0.25) is 0 Å². The van der Waals surface area contributed by atoms with Crippen LogP contribution in [0.3, 0.4) is 0 Å². The second-order valence-corrected chi connectivity index (χ2v) is 8.34. The van der Waals surface area contributed by atoms with Crippen molar-refractivity contribution in [3.05, 3.63) is 53.6 Å². The second kappa shape index (κ2) is 8.42. The fourth-order valence-corrected chi connectivity index (χ4v) is 4.51. The Morgan fingerprint density at radius 2 is 2.14 bits per heavy atom. The van der Waals surface area contributed by atoms with Crippen LogP contribution in [0.1, 0.15) is 37.2 Å². The maximum atomic E-state index is 13.5. The van der Waals surface area contributed by atoms with Gasteiger partial charge in [-0.05, 0) is 58.0 Å². The minimum Gasteiger partial charge on any atom is -0.332 e. The van der Waals surface area contributed by atoms with Gasteiger partial charge < -0.3 is 10.2 Å². The summed E-state index contributed by atoms with van der Waals surface area (Å²) in [4.78, 5) is 19.7. The van der Waals surface area contributed by atoms with Crippen LogP contribution in [0.25, 0.3) is 16.3 Å². The lowest BCUT2D eigenvalue weighted by Crippen LogP contribution is -2.49. The standard InChI is InChI=1S/C21H24FN5OS/c1-14(2)27(17-6-8-23-9-7-17)21(28)19-13-29-20(25-19)15-11-24-26(12-15)18-5-3-4-16(22)10-18/h3-5,10-14,17,23H,6-9H2,1-2H3. The molecule has 1 fully saturated rings. The average Bonchev–Trinajstić information content (AvgIpc) is 3.38. The number of carbonyl (C=O) groups is 1. The zero-order chi connectivity index (χ0) is 20.4. The normalized spacial score (nSPS) is 15.0. The van der Waals surface area contributed by atoms with Crippen molar-refractivity contribution in [1.29, 1.82) is 0 Å². The van der Waals surface area contributed by atoms with Gasteiger partial charge in [0, 0.05) is 29.2 Å². The lowest BCUT2D eigenvalue weighted by atomic mass is 10.0. The summed E-state index contributed by atoms with van der Waals surface area (Å²) >= 11 is 1.42. The van der Waals surface area contributed by atoms with Crippen LogP contribution in [0.5, 0.6) is 0 Å². The Hall–Kier alpha value is -2.58. The first-order valence-electron chi connectivity index (χ1n) is 9.83. The molecule has 0 saturated carbocycles. The number of hydrogen-bond acceptors (Lipinski definition) is 5. The predicted molar refractivity (Wildman–Crippen MR) is 112 cm³/mol. The summed E-state index contributed by atoms with van der Waals surface area (Å²) in [6.07, 6.45) is 5.41. The monoisotopic (exact) mass is 413 g/mol. The van der Waals surface area contributed by atoms with Crippen molar-refractivity contribution in [2.75, 3.05) is 13.1 Å². The highest BCUT2D eigenvalue weighted by molar-refractivity contribution is 7.13. The Morgan fingerprint density at radius 1 is 1.34 bits per heavy atom. The Balaban J connectivity index is 1.55. The molecule has 0 aliphatic carbocycles. The predicted octanol–water partition coefficient (Wildman–Crippen LogP) is 3.74. The number of hydrogen-bond donors (Lipinski definition) is 1. The third kappa shape index (κ3) is 4.23. The van der Waals surface area contributed by atoms with Crippen molar-refractivity contribution in [2.45, 2.75) is 38.8 Å². The van der Waals surface area contributed by atoms with Gasteiger partial charge in [-0.3, -0.25) is 4.79 Å². The number of benzene rings is 1. The van der Waals surface area contributed by atoms with Gasteiger partial charge in [0.2, 0.25) is 0 Å². The number of aromatic nitrogens is 3. The van der Waals surface area contributed by atoms with Crippen LogP contribution in [-0.2, 0) is 0 Å². The molecule has 3 aromatic rings. The van der Waals surface area contributed by atoms with Crippen molar-refractivity contribution in [2.24, 2.45) is 0 Å². The van der Waals surface area contributed by atoms with E-state index in [9.17, 15) is 9.18 Å². The highest BCUT2D eigenvalue weighted by Crippen LogP contribution is 2.26. The van der Waals surface area contributed by atoms with Gasteiger partial charge in [-0.25, -0.2) is 14.1 Å². The quantitative estimate of drug-likeness (QED) is 0.692. The highest BCUT2D eigenvalue weighted by Gasteiger charge is 2.29. The maximum Gasteiger partial charge on any atom is 0.273 e. The van der Waals surface area contributed by atoms with Crippen LogP contribution in [0.4, 0.5) is 4.39 Å². The molecule has 1 aliphatic rings. The molecule has 0 bridgehead atoms. The van der Waals surface area contributed by atoms with Crippen molar-refractivity contribution in [3.63, 3.8) is 0 Å². The largest absolute Gasteiger partial charge is 0.332 e. The van der Waals surface area contributed by atoms with Crippen LogP contribution in [-0.4, -0.2) is 50.7 Å². The first-order chi connectivity index (χ1) is 14.0. The summed E-state index contributed by atoms with van der Waals surface area (Å²) in [5.41, 5.74) is 1.91. The van der Waals surface area contributed by atoms with Gasteiger partial charge in [0.25, 0.3) is 5.91 Å². The number of nitrogens with zero attached hydrogens (tertiary/aromatic N) is 4. The van der Waals surface area contributed by atoms with E-state index < -0.39 is 0 Å². The molecule has 152 valence electrons. The van der Waals surface area contributed by atoms with Crippen LogP contribution < -0.4 is 5.32 Å². The Morgan fingerprint density at radius 3 is 2.86 bits per heavy atom. The third-order valence-corrected chi connectivity index (χ3v) is 6.01. The fourth-order valence-electron chi connectivity index (χ4n) is 3.74. The summed E-state index contributed by atoms with van der Waals surface area (Å²) in [5, 5.41) is 10.2. The molecular weight excluding hydrogens is 389 g/mol. The number of amides is 1. The van der Waals surface area contributed by atoms with Gasteiger partial charge in [0.15, 0.2) is 0 Å². The van der Waals surface area contributed by atoms with E-state index in [1.807, 2.05) is 10.3 Å². The zero-order valence-corrected chi connectivity index (χ0v) is 17.3. The van der Waals surface area contributed by atoms with E-state index in [1.54, 1.807) is 29.2 Å². The lowest BCUT2D eigenvalue weighted by molar-refractivity contribution is 0.0560. The van der Waals surface area contributed by atoms with E-state index in [4.69, 9.17) is 0 Å². The first kappa shape index (κ1) is 19.7. The van der Waals surface area contributed by atoms with E-state index in [0.29, 0.717) is 11.4 Å². The van der Waals surface area contributed by atoms with Crippen LogP contribution in [0.15, 0.2) is 42.0 Å². The van der Waals surface area contributed by atoms with Gasteiger partial charge in [0.05, 0.1) is 11.9 Å². The molecule has 8 heteroatoms. The number of carbonyl (C=O) groups excluding carboxylic acids is 1. The molecule has 0 atom stereocenters. The smallest absolute Gasteiger partial charge is 0.273 e. The molecular formula is C21H24FN5OS. The van der Waals surface area contributed by atoms with E-state index in [-0.39, 0.29) is 23.8 Å². The summed E-state index contributed by atoms with van der Waals surface area (Å²) in [7, 11) is 0. The van der Waals surface area contributed by atoms with Gasteiger partial charge in [0.1, 0.15) is 16.5 Å². The molecule has 3 heterocycles. The van der Waals surface area contributed by atoms with E-state index in [2.05, 4.69) is 29.2 Å². The summed E-state index contributed by atoms with van der Waals surface area (Å²) in [6.45, 7) is 5.97. The number of nitrogens with one attached hydrogen (secondary N) is 1. The Labute approximate surface area is 173 Å². The fraction of sp³-hybridized carbons (Fsp3) is 0.381. The van der Waals surface area contributed by atoms with Crippen molar-refractivity contribution >= 4 is 17.2 Å². The molecule has 1 aromatic carbocycles. The molecule has 0 spiro atoms. The highest BCUT2D eigenvalue weighted by atomic mass is 32.1. The Bertz CT molecular complexity index is 992. The minimum absolute atomic E-state index is 0.0214. The number of halogens is 1. The van der Waals surface area contributed by atoms with Crippen LogP contribution >= 0.6 is 11.3 Å². The first-order valence-corrected chi connectivity index (χ1v) is 10.7. The number of rotatable bonds is 5. The van der Waals surface area contributed by atoms with E-state index in [1.165, 1.54) is 23.5 Å². The Kier molecular flexibility index (Phi) is 5.73. The SMILES string of the molecule is CC(C)N(C(=O)c1csc(-c2cnn(-c3cccc(F)c3)c2)n1)C1CCNCC1. The molecule has 4 rings (SSSR count). The maximum absolute atomic E-state index is 13.5. The summed E-state index contributed by atoms with van der Waals surface area (Å²) in [5.74, 6) is -0.333. The molecule has 0 unspecified atom stereocenters. The third-order valence-electron chi connectivity index (χ3n) is 5.12. The van der Waals surface area contributed by atoms with Crippen molar-refractivity contribution in [1.82, 2.24) is 25.0 Å². The van der Waals surface area contributed by atoms with Gasteiger partial charge in [-0.1, -0.05) is 6.07 Å². The van der Waals surface area contributed by atoms with E-state index >= 15 is 0 Å². The second-order valence-electron chi connectivity index (χ2n) is 7.48. The van der Waals surface area contributed by atoms with E-state index in [0.717, 1.165) is 36.5 Å². The molecule has 0 radical (unpaired) electrons. The molecule has 1 aliphatic heterocycles. The lowest BCUT2D eigenvalue weighted by Gasteiger charge is -2.37. The van der Waals surface area contributed by atoms with Crippen LogP contribution in [0, 0.1) is 5.82 Å². The van der Waals surface area contributed by atoms with Crippen molar-refractivity contribution in [3.8, 4) is 16.3 Å². The molecule has 1 amide bonds. The molecule has 6 nitrogen and oxygen atoms in total. The topological polar surface area (TPSA) is 63.1 Å². The van der Waals surface area contributed by atoms with Crippen molar-refractivity contribution < 1.29 is 9.18 Å². The molecule has 1 saturated heterocycles. The number of thiazole rings is 1.